The highest BCUT2D eigenvalue weighted by molar-refractivity contribution is 9.10. The number of thioether (sulfide) groups is 1. The van der Waals surface area contributed by atoms with Gasteiger partial charge < -0.3 is 9.32 Å². The standard InChI is InChI=1S/C22H21BrN2O3S2/c1-2-3-4-5-10-24-17-9-8-14(23)12-16(17)18(20(24)26)19-21(27)25(22(29)30-19)13-15-7-6-11-28-15/h6-9,11-12H,2-5,10,13H2,1H3/b19-18-. The van der Waals surface area contributed by atoms with Crippen LogP contribution in [0.1, 0.15) is 43.9 Å². The van der Waals surface area contributed by atoms with E-state index in [2.05, 4.69) is 22.9 Å². The lowest BCUT2D eigenvalue weighted by Crippen LogP contribution is -2.29. The van der Waals surface area contributed by atoms with Gasteiger partial charge in [0.15, 0.2) is 0 Å². The fraction of sp³-hybridized carbons (Fsp3) is 0.318. The summed E-state index contributed by atoms with van der Waals surface area (Å²) in [5.41, 5.74) is 2.08. The molecule has 1 aromatic heterocycles. The van der Waals surface area contributed by atoms with Crippen molar-refractivity contribution in [3.63, 3.8) is 0 Å². The van der Waals surface area contributed by atoms with E-state index in [9.17, 15) is 9.59 Å². The third kappa shape index (κ3) is 4.00. The van der Waals surface area contributed by atoms with Gasteiger partial charge in [-0.2, -0.15) is 0 Å². The van der Waals surface area contributed by atoms with E-state index in [0.29, 0.717) is 27.1 Å². The van der Waals surface area contributed by atoms with Crippen LogP contribution in [0.15, 0.2) is 50.4 Å². The molecule has 1 fully saturated rings. The number of unbranched alkanes of at least 4 members (excludes halogenated alkanes) is 3. The number of nitrogens with zero attached hydrogens (tertiary/aromatic N) is 2. The Morgan fingerprint density at radius 2 is 1.93 bits per heavy atom. The first-order valence-corrected chi connectivity index (χ1v) is 11.9. The highest BCUT2D eigenvalue weighted by Gasteiger charge is 2.42. The van der Waals surface area contributed by atoms with Crippen LogP contribution >= 0.6 is 39.9 Å². The van der Waals surface area contributed by atoms with E-state index in [-0.39, 0.29) is 18.4 Å². The normalized spacial score (nSPS) is 18.7. The predicted octanol–water partition coefficient (Wildman–Crippen LogP) is 5.74. The molecule has 2 amide bonds. The number of thiocarbonyl (C=S) groups is 1. The molecule has 0 N–H and O–H groups in total. The van der Waals surface area contributed by atoms with Crippen LogP contribution in [0.25, 0.3) is 5.57 Å². The van der Waals surface area contributed by atoms with Gasteiger partial charge in [-0.05, 0) is 36.8 Å². The number of rotatable bonds is 7. The average Bonchev–Trinajstić information content (AvgIpc) is 3.40. The number of hydrogen-bond donors (Lipinski definition) is 0. The van der Waals surface area contributed by atoms with Crippen LogP contribution in [-0.2, 0) is 16.1 Å². The van der Waals surface area contributed by atoms with Gasteiger partial charge in [0.1, 0.15) is 10.1 Å². The molecular weight excluding hydrogens is 484 g/mol. The average molecular weight is 505 g/mol. The van der Waals surface area contributed by atoms with E-state index >= 15 is 0 Å². The minimum atomic E-state index is -0.247. The van der Waals surface area contributed by atoms with Crippen molar-refractivity contribution in [1.29, 1.82) is 0 Å². The van der Waals surface area contributed by atoms with Crippen LogP contribution in [0.2, 0.25) is 0 Å². The fourth-order valence-corrected chi connectivity index (χ4v) is 5.37. The molecule has 156 valence electrons. The third-order valence-corrected chi connectivity index (χ3v) is 7.12. The number of anilines is 1. The van der Waals surface area contributed by atoms with Gasteiger partial charge in [0, 0.05) is 16.6 Å². The summed E-state index contributed by atoms with van der Waals surface area (Å²) < 4.78 is 6.67. The Labute approximate surface area is 193 Å². The lowest BCUT2D eigenvalue weighted by atomic mass is 10.1. The van der Waals surface area contributed by atoms with Crippen molar-refractivity contribution in [2.24, 2.45) is 0 Å². The van der Waals surface area contributed by atoms with Crippen molar-refractivity contribution in [2.45, 2.75) is 39.2 Å². The summed E-state index contributed by atoms with van der Waals surface area (Å²) in [4.78, 5) is 30.3. The molecule has 0 radical (unpaired) electrons. The Morgan fingerprint density at radius 3 is 2.67 bits per heavy atom. The highest BCUT2D eigenvalue weighted by atomic mass is 79.9. The molecule has 2 aromatic rings. The SMILES string of the molecule is CCCCCCN1C(=O)/C(=C2\SC(=S)N(Cc3ccco3)C2=O)c2cc(Br)ccc21. The monoisotopic (exact) mass is 504 g/mol. The number of hydrogen-bond acceptors (Lipinski definition) is 5. The smallest absolute Gasteiger partial charge is 0.267 e. The second-order valence-corrected chi connectivity index (χ2v) is 9.78. The Kier molecular flexibility index (Phi) is 6.46. The van der Waals surface area contributed by atoms with E-state index in [1.54, 1.807) is 23.3 Å². The number of carbonyl (C=O) groups excluding carboxylic acids is 2. The second-order valence-electron chi connectivity index (χ2n) is 7.22. The molecule has 0 spiro atoms. The number of benzene rings is 1. The van der Waals surface area contributed by atoms with Crippen molar-refractivity contribution in [3.8, 4) is 0 Å². The zero-order valence-electron chi connectivity index (χ0n) is 16.5. The summed E-state index contributed by atoms with van der Waals surface area (Å²) in [7, 11) is 0. The summed E-state index contributed by atoms with van der Waals surface area (Å²) in [6.45, 7) is 3.06. The molecule has 0 atom stereocenters. The van der Waals surface area contributed by atoms with Crippen LogP contribution in [0.5, 0.6) is 0 Å². The first-order valence-electron chi connectivity index (χ1n) is 9.93. The summed E-state index contributed by atoms with van der Waals surface area (Å²) >= 11 is 10.1. The summed E-state index contributed by atoms with van der Waals surface area (Å²) in [6, 6.07) is 9.35. The maximum absolute atomic E-state index is 13.4. The molecule has 30 heavy (non-hydrogen) atoms. The third-order valence-electron chi connectivity index (χ3n) is 5.18. The van der Waals surface area contributed by atoms with E-state index in [4.69, 9.17) is 16.6 Å². The van der Waals surface area contributed by atoms with E-state index in [0.717, 1.165) is 41.4 Å². The van der Waals surface area contributed by atoms with Gasteiger partial charge in [0.05, 0.1) is 29.0 Å². The van der Waals surface area contributed by atoms with Gasteiger partial charge in [0.25, 0.3) is 11.8 Å². The van der Waals surface area contributed by atoms with Gasteiger partial charge in [-0.25, -0.2) is 0 Å². The molecule has 3 heterocycles. The molecule has 1 aromatic carbocycles. The largest absolute Gasteiger partial charge is 0.467 e. The summed E-state index contributed by atoms with van der Waals surface area (Å²) in [6.07, 6.45) is 5.86. The topological polar surface area (TPSA) is 53.8 Å². The van der Waals surface area contributed by atoms with Crippen LogP contribution in [-0.4, -0.2) is 27.6 Å². The molecule has 0 unspecified atom stereocenters. The number of furan rings is 1. The fourth-order valence-electron chi connectivity index (χ4n) is 3.69. The summed E-state index contributed by atoms with van der Waals surface area (Å²) in [5.74, 6) is 0.276. The van der Waals surface area contributed by atoms with Gasteiger partial charge in [-0.1, -0.05) is 66.1 Å². The minimum Gasteiger partial charge on any atom is -0.467 e. The predicted molar refractivity (Wildman–Crippen MR) is 127 cm³/mol. The molecular formula is C22H21BrN2O3S2. The van der Waals surface area contributed by atoms with Crippen LogP contribution in [0, 0.1) is 0 Å². The Bertz CT molecular complexity index is 1030. The molecule has 0 bridgehead atoms. The molecule has 2 aliphatic heterocycles. The van der Waals surface area contributed by atoms with Crippen molar-refractivity contribution < 1.29 is 14.0 Å². The zero-order valence-corrected chi connectivity index (χ0v) is 19.7. The number of carbonyl (C=O) groups is 2. The van der Waals surface area contributed by atoms with Crippen molar-refractivity contribution in [2.75, 3.05) is 11.4 Å². The van der Waals surface area contributed by atoms with E-state index in [1.807, 2.05) is 18.2 Å². The molecule has 1 saturated heterocycles. The highest BCUT2D eigenvalue weighted by Crippen LogP contribution is 2.45. The second kappa shape index (κ2) is 9.08. The van der Waals surface area contributed by atoms with Gasteiger partial charge in [0.2, 0.25) is 0 Å². The van der Waals surface area contributed by atoms with Crippen molar-refractivity contribution in [3.05, 3.63) is 57.3 Å². The minimum absolute atomic E-state index is 0.127. The van der Waals surface area contributed by atoms with Gasteiger partial charge in [-0.15, -0.1) is 0 Å². The van der Waals surface area contributed by atoms with Crippen LogP contribution < -0.4 is 4.90 Å². The number of halogens is 1. The number of amides is 2. The first kappa shape index (κ1) is 21.3. The Hall–Kier alpha value is -1.90. The van der Waals surface area contributed by atoms with Crippen LogP contribution in [0.3, 0.4) is 0 Å². The zero-order chi connectivity index (χ0) is 21.3. The Balaban J connectivity index is 1.68. The van der Waals surface area contributed by atoms with E-state index in [1.165, 1.54) is 16.7 Å². The van der Waals surface area contributed by atoms with Crippen molar-refractivity contribution >= 4 is 67.3 Å². The summed E-state index contributed by atoms with van der Waals surface area (Å²) in [5, 5.41) is 0. The first-order chi connectivity index (χ1) is 14.5. The maximum atomic E-state index is 13.4. The maximum Gasteiger partial charge on any atom is 0.267 e. The molecule has 8 heteroatoms. The number of fused-ring (bicyclic) bond motifs is 1. The van der Waals surface area contributed by atoms with Crippen LogP contribution in [0.4, 0.5) is 5.69 Å². The van der Waals surface area contributed by atoms with E-state index < -0.39 is 0 Å². The molecule has 0 saturated carbocycles. The molecule has 5 nitrogen and oxygen atoms in total. The van der Waals surface area contributed by atoms with Gasteiger partial charge >= 0.3 is 0 Å². The van der Waals surface area contributed by atoms with Crippen molar-refractivity contribution in [1.82, 2.24) is 4.90 Å². The molecule has 2 aliphatic rings. The quantitative estimate of drug-likeness (QED) is 0.273. The lowest BCUT2D eigenvalue weighted by Gasteiger charge is -2.17. The lowest BCUT2D eigenvalue weighted by molar-refractivity contribution is -0.123. The van der Waals surface area contributed by atoms with Gasteiger partial charge in [-0.3, -0.25) is 14.5 Å². The molecule has 4 rings (SSSR count). The Morgan fingerprint density at radius 1 is 1.10 bits per heavy atom. The molecule has 0 aliphatic carbocycles.